The SMILES string of the molecule is C[C@H](Nc1ncc(C(N)=O)c(N[C@H]2CC[C@@H](N)CC2)n1)C1CCCCC1. The Morgan fingerprint density at radius 2 is 1.85 bits per heavy atom. The van der Waals surface area contributed by atoms with E-state index in [1.54, 1.807) is 0 Å². The second kappa shape index (κ2) is 8.66. The van der Waals surface area contributed by atoms with Crippen molar-refractivity contribution in [1.29, 1.82) is 0 Å². The van der Waals surface area contributed by atoms with Gasteiger partial charge in [0.15, 0.2) is 0 Å². The lowest BCUT2D eigenvalue weighted by Crippen LogP contribution is -2.34. The lowest BCUT2D eigenvalue weighted by molar-refractivity contribution is 0.100. The molecule has 7 heteroatoms. The smallest absolute Gasteiger partial charge is 0.254 e. The van der Waals surface area contributed by atoms with Gasteiger partial charge in [0.25, 0.3) is 5.91 Å². The number of carbonyl (C=O) groups is 1. The standard InChI is InChI=1S/C19H32N6O/c1-12(13-5-3-2-4-6-13)23-19-22-11-16(17(21)26)18(25-19)24-15-9-7-14(20)8-10-15/h11-15H,2-10,20H2,1H3,(H2,21,26)(H2,22,23,24,25)/t12-,14-,15+/m0/s1. The third-order valence-electron chi connectivity index (χ3n) is 5.88. The Bertz CT molecular complexity index is 608. The van der Waals surface area contributed by atoms with Gasteiger partial charge in [-0.05, 0) is 51.4 Å². The molecule has 7 nitrogen and oxygen atoms in total. The van der Waals surface area contributed by atoms with Gasteiger partial charge in [0, 0.05) is 24.3 Å². The summed E-state index contributed by atoms with van der Waals surface area (Å²) in [5.41, 5.74) is 11.8. The van der Waals surface area contributed by atoms with E-state index in [9.17, 15) is 4.79 Å². The van der Waals surface area contributed by atoms with Crippen molar-refractivity contribution in [3.63, 3.8) is 0 Å². The van der Waals surface area contributed by atoms with Gasteiger partial charge in [-0.1, -0.05) is 19.3 Å². The number of amides is 1. The summed E-state index contributed by atoms with van der Waals surface area (Å²) in [4.78, 5) is 20.7. The zero-order chi connectivity index (χ0) is 18.5. The van der Waals surface area contributed by atoms with Crippen LogP contribution in [-0.2, 0) is 0 Å². The fourth-order valence-corrected chi connectivity index (χ4v) is 4.15. The number of aromatic nitrogens is 2. The third kappa shape index (κ3) is 4.84. The van der Waals surface area contributed by atoms with E-state index in [0.717, 1.165) is 25.7 Å². The first kappa shape index (κ1) is 18.9. The minimum Gasteiger partial charge on any atom is -0.367 e. The van der Waals surface area contributed by atoms with E-state index < -0.39 is 5.91 Å². The minimum atomic E-state index is -0.508. The number of hydrogen-bond acceptors (Lipinski definition) is 6. The summed E-state index contributed by atoms with van der Waals surface area (Å²) in [7, 11) is 0. The molecule has 1 amide bonds. The first-order valence-electron chi connectivity index (χ1n) is 9.98. The van der Waals surface area contributed by atoms with Crippen molar-refractivity contribution in [3.8, 4) is 0 Å². The molecule has 2 aliphatic carbocycles. The van der Waals surface area contributed by atoms with Gasteiger partial charge >= 0.3 is 0 Å². The Balaban J connectivity index is 1.69. The highest BCUT2D eigenvalue weighted by molar-refractivity contribution is 5.97. The molecule has 0 radical (unpaired) electrons. The average Bonchev–Trinajstić information content (AvgIpc) is 2.64. The summed E-state index contributed by atoms with van der Waals surface area (Å²) in [6, 6.07) is 0.865. The molecule has 0 spiro atoms. The molecule has 3 rings (SSSR count). The van der Waals surface area contributed by atoms with Gasteiger partial charge in [-0.15, -0.1) is 0 Å². The number of carbonyl (C=O) groups excluding carboxylic acids is 1. The van der Waals surface area contributed by atoms with E-state index in [1.807, 2.05) is 0 Å². The van der Waals surface area contributed by atoms with Crippen LogP contribution in [0.15, 0.2) is 6.20 Å². The molecule has 1 atom stereocenters. The summed E-state index contributed by atoms with van der Waals surface area (Å²) in [6.45, 7) is 2.19. The van der Waals surface area contributed by atoms with Gasteiger partial charge in [-0.2, -0.15) is 4.98 Å². The molecule has 0 aromatic carbocycles. The van der Waals surface area contributed by atoms with Gasteiger partial charge in [-0.25, -0.2) is 4.98 Å². The van der Waals surface area contributed by atoms with E-state index in [-0.39, 0.29) is 12.1 Å². The van der Waals surface area contributed by atoms with Crippen molar-refractivity contribution in [2.24, 2.45) is 17.4 Å². The number of nitrogens with one attached hydrogen (secondary N) is 2. The normalized spacial score (nSPS) is 25.5. The van der Waals surface area contributed by atoms with Gasteiger partial charge in [0.05, 0.1) is 5.56 Å². The topological polar surface area (TPSA) is 119 Å². The summed E-state index contributed by atoms with van der Waals surface area (Å²) in [5.74, 6) is 1.24. The van der Waals surface area contributed by atoms with Crippen molar-refractivity contribution >= 4 is 17.7 Å². The Morgan fingerprint density at radius 1 is 1.15 bits per heavy atom. The summed E-state index contributed by atoms with van der Waals surface area (Å²) in [5, 5.41) is 6.83. The second-order valence-corrected chi connectivity index (χ2v) is 7.91. The maximum atomic E-state index is 11.8. The molecule has 0 bridgehead atoms. The molecule has 2 fully saturated rings. The number of nitrogens with two attached hydrogens (primary N) is 2. The second-order valence-electron chi connectivity index (χ2n) is 7.91. The van der Waals surface area contributed by atoms with Crippen LogP contribution in [0.4, 0.5) is 11.8 Å². The van der Waals surface area contributed by atoms with Crippen LogP contribution in [-0.4, -0.2) is 34.0 Å². The highest BCUT2D eigenvalue weighted by atomic mass is 16.1. The lowest BCUT2D eigenvalue weighted by Gasteiger charge is -2.29. The highest BCUT2D eigenvalue weighted by Gasteiger charge is 2.23. The predicted molar refractivity (Wildman–Crippen MR) is 104 cm³/mol. The maximum Gasteiger partial charge on any atom is 0.254 e. The van der Waals surface area contributed by atoms with Crippen molar-refractivity contribution in [3.05, 3.63) is 11.8 Å². The molecule has 1 heterocycles. The first-order chi connectivity index (χ1) is 12.5. The number of anilines is 2. The summed E-state index contributed by atoms with van der Waals surface area (Å²) >= 11 is 0. The van der Waals surface area contributed by atoms with E-state index in [1.165, 1.54) is 38.3 Å². The van der Waals surface area contributed by atoms with Crippen LogP contribution in [0.1, 0.15) is 75.1 Å². The molecule has 0 unspecified atom stereocenters. The predicted octanol–water partition coefficient (Wildman–Crippen LogP) is 2.64. The fourth-order valence-electron chi connectivity index (χ4n) is 4.15. The van der Waals surface area contributed by atoms with E-state index in [2.05, 4.69) is 27.5 Å². The molecular formula is C19H32N6O. The van der Waals surface area contributed by atoms with Crippen molar-refractivity contribution in [2.75, 3.05) is 10.6 Å². The molecule has 2 aliphatic rings. The van der Waals surface area contributed by atoms with Crippen LogP contribution in [0.5, 0.6) is 0 Å². The van der Waals surface area contributed by atoms with Crippen LogP contribution < -0.4 is 22.1 Å². The van der Waals surface area contributed by atoms with Gasteiger partial charge < -0.3 is 22.1 Å². The molecule has 1 aromatic heterocycles. The first-order valence-corrected chi connectivity index (χ1v) is 9.98. The number of primary amides is 1. The van der Waals surface area contributed by atoms with Crippen LogP contribution in [0, 0.1) is 5.92 Å². The van der Waals surface area contributed by atoms with Crippen molar-refractivity contribution in [1.82, 2.24) is 9.97 Å². The Labute approximate surface area is 155 Å². The van der Waals surface area contributed by atoms with Gasteiger partial charge in [0.2, 0.25) is 5.95 Å². The zero-order valence-corrected chi connectivity index (χ0v) is 15.7. The maximum absolute atomic E-state index is 11.8. The monoisotopic (exact) mass is 360 g/mol. The molecule has 0 saturated heterocycles. The highest BCUT2D eigenvalue weighted by Crippen LogP contribution is 2.28. The molecule has 26 heavy (non-hydrogen) atoms. The summed E-state index contributed by atoms with van der Waals surface area (Å²) < 4.78 is 0. The summed E-state index contributed by atoms with van der Waals surface area (Å²) in [6.07, 6.45) is 11.9. The molecular weight excluding hydrogens is 328 g/mol. The van der Waals surface area contributed by atoms with E-state index >= 15 is 0 Å². The van der Waals surface area contributed by atoms with E-state index in [4.69, 9.17) is 11.5 Å². The Kier molecular flexibility index (Phi) is 6.29. The number of rotatable bonds is 6. The molecule has 0 aliphatic heterocycles. The van der Waals surface area contributed by atoms with Crippen molar-refractivity contribution in [2.45, 2.75) is 82.8 Å². The van der Waals surface area contributed by atoms with Crippen LogP contribution in [0.25, 0.3) is 0 Å². The van der Waals surface area contributed by atoms with Gasteiger partial charge in [0.1, 0.15) is 5.82 Å². The average molecular weight is 361 g/mol. The van der Waals surface area contributed by atoms with Gasteiger partial charge in [-0.3, -0.25) is 4.79 Å². The molecule has 6 N–H and O–H groups in total. The number of nitrogens with zero attached hydrogens (tertiary/aromatic N) is 2. The molecule has 1 aromatic rings. The van der Waals surface area contributed by atoms with Crippen molar-refractivity contribution < 1.29 is 4.79 Å². The zero-order valence-electron chi connectivity index (χ0n) is 15.7. The van der Waals surface area contributed by atoms with Crippen LogP contribution >= 0.6 is 0 Å². The Morgan fingerprint density at radius 3 is 2.50 bits per heavy atom. The fraction of sp³-hybridized carbons (Fsp3) is 0.737. The lowest BCUT2D eigenvalue weighted by atomic mass is 9.85. The molecule has 144 valence electrons. The minimum absolute atomic E-state index is 0.270. The van der Waals surface area contributed by atoms with Crippen LogP contribution in [0.2, 0.25) is 0 Å². The number of hydrogen-bond donors (Lipinski definition) is 4. The van der Waals surface area contributed by atoms with E-state index in [0.29, 0.717) is 29.3 Å². The molecule has 2 saturated carbocycles. The third-order valence-corrected chi connectivity index (χ3v) is 5.88. The quantitative estimate of drug-likeness (QED) is 0.619. The Hall–Kier alpha value is -1.89. The van der Waals surface area contributed by atoms with Crippen LogP contribution in [0.3, 0.4) is 0 Å². The largest absolute Gasteiger partial charge is 0.367 e.